The van der Waals surface area contributed by atoms with Crippen LogP contribution in [0.15, 0.2) is 60.9 Å². The fraction of sp³-hybridized carbons (Fsp3) is 0.547. The van der Waals surface area contributed by atoms with Gasteiger partial charge in [-0.1, -0.05) is 103 Å². The molecule has 4 heterocycles. The zero-order chi connectivity index (χ0) is 52.3. The van der Waals surface area contributed by atoms with Crippen LogP contribution in [0.25, 0.3) is 22.5 Å². The molecule has 19 heteroatoms. The van der Waals surface area contributed by atoms with Crippen molar-refractivity contribution < 1.29 is 38.1 Å². The number of benzene rings is 2. The highest BCUT2D eigenvalue weighted by atomic mass is 28.3. The minimum absolute atomic E-state index is 0.144. The molecule has 4 aromatic rings. The van der Waals surface area contributed by atoms with Gasteiger partial charge in [-0.25, -0.2) is 19.6 Å². The number of amides is 4. The van der Waals surface area contributed by atoms with Crippen LogP contribution in [-0.2, 0) is 42.0 Å². The lowest BCUT2D eigenvalue weighted by molar-refractivity contribution is -0.136. The first kappa shape index (κ1) is 55.5. The second-order valence-electron chi connectivity index (χ2n) is 21.8. The fourth-order valence-electron chi connectivity index (χ4n) is 8.76. The van der Waals surface area contributed by atoms with Gasteiger partial charge in [-0.3, -0.25) is 14.9 Å². The molecular formula is C53H77N9O8Si2. The average molecular weight is 1020 g/mol. The van der Waals surface area contributed by atoms with E-state index in [0.717, 1.165) is 64.4 Å². The summed E-state index contributed by atoms with van der Waals surface area (Å²) < 4.78 is 26.5. The van der Waals surface area contributed by atoms with Gasteiger partial charge in [0.1, 0.15) is 43.2 Å². The molecule has 0 unspecified atom stereocenters. The highest BCUT2D eigenvalue weighted by molar-refractivity contribution is 6.76. The summed E-state index contributed by atoms with van der Waals surface area (Å²) in [6.45, 7) is 24.7. The predicted octanol–water partition coefficient (Wildman–Crippen LogP) is 8.29. The zero-order valence-electron chi connectivity index (χ0n) is 44.5. The number of rotatable bonds is 20. The number of carbonyl (C=O) groups is 4. The van der Waals surface area contributed by atoms with Gasteiger partial charge in [-0.15, -0.1) is 0 Å². The van der Waals surface area contributed by atoms with Gasteiger partial charge in [0, 0.05) is 53.6 Å². The molecule has 2 saturated heterocycles. The molecule has 72 heavy (non-hydrogen) atoms. The molecule has 0 radical (unpaired) electrons. The number of hydrogen-bond donors (Lipinski definition) is 3. The number of ether oxygens (including phenoxy) is 4. The van der Waals surface area contributed by atoms with Crippen molar-refractivity contribution in [2.75, 3.05) is 47.2 Å². The number of imidazole rings is 2. The van der Waals surface area contributed by atoms with Crippen LogP contribution in [0.1, 0.15) is 75.4 Å². The number of likely N-dealkylation sites (tertiary alicyclic amines) is 1. The molecule has 390 valence electrons. The molecule has 6 rings (SSSR count). The Hall–Kier alpha value is -5.79. The fourth-order valence-corrected chi connectivity index (χ4v) is 10.3. The molecular weight excluding hydrogens is 947 g/mol. The molecule has 3 N–H and O–H groups in total. The zero-order valence-corrected chi connectivity index (χ0v) is 46.5. The lowest BCUT2D eigenvalue weighted by Crippen LogP contribution is -2.51. The Morgan fingerprint density at radius 1 is 0.667 bits per heavy atom. The Labute approximate surface area is 428 Å². The smallest absolute Gasteiger partial charge is 0.407 e. The first-order valence-corrected chi connectivity index (χ1v) is 32.6. The first-order valence-electron chi connectivity index (χ1n) is 25.2. The maximum absolute atomic E-state index is 14.0. The molecule has 17 nitrogen and oxygen atoms in total. The van der Waals surface area contributed by atoms with Crippen LogP contribution in [0.5, 0.6) is 0 Å². The average Bonchev–Trinajstić information content (AvgIpc) is 4.18. The van der Waals surface area contributed by atoms with Gasteiger partial charge >= 0.3 is 12.2 Å². The quantitative estimate of drug-likeness (QED) is 0.0440. The molecule has 2 aliphatic heterocycles. The van der Waals surface area contributed by atoms with E-state index in [1.807, 2.05) is 98.1 Å². The molecule has 2 aromatic carbocycles. The number of nitrogens with zero attached hydrogens (tertiary/aromatic N) is 6. The summed E-state index contributed by atoms with van der Waals surface area (Å²) in [5.74, 6) is 7.42. The van der Waals surface area contributed by atoms with Crippen molar-refractivity contribution in [3.05, 3.63) is 83.7 Å². The Morgan fingerprint density at radius 2 is 1.10 bits per heavy atom. The van der Waals surface area contributed by atoms with E-state index >= 15 is 0 Å². The molecule has 0 bridgehead atoms. The molecule has 4 amide bonds. The van der Waals surface area contributed by atoms with Crippen molar-refractivity contribution in [3.8, 4) is 34.4 Å². The van der Waals surface area contributed by atoms with Gasteiger partial charge in [-0.2, -0.15) is 0 Å². The minimum atomic E-state index is -1.35. The van der Waals surface area contributed by atoms with Crippen LogP contribution >= 0.6 is 0 Å². The van der Waals surface area contributed by atoms with E-state index in [9.17, 15) is 19.2 Å². The summed E-state index contributed by atoms with van der Waals surface area (Å²) >= 11 is 0. The number of carbonyl (C=O) groups excluding carboxylic acids is 4. The van der Waals surface area contributed by atoms with Crippen molar-refractivity contribution in [2.24, 2.45) is 11.8 Å². The van der Waals surface area contributed by atoms with E-state index in [1.54, 1.807) is 4.90 Å². The van der Waals surface area contributed by atoms with Crippen molar-refractivity contribution in [2.45, 2.75) is 130 Å². The third-order valence-electron chi connectivity index (χ3n) is 13.1. The van der Waals surface area contributed by atoms with Gasteiger partial charge < -0.3 is 48.5 Å². The molecule has 2 aliphatic rings. The summed E-state index contributed by atoms with van der Waals surface area (Å²) in [5, 5.41) is 8.81. The van der Waals surface area contributed by atoms with Crippen molar-refractivity contribution in [3.63, 3.8) is 0 Å². The standard InChI is InChI=1S/C53H77N9O8Si2/c1-36(2)46(57-52(65)67-5)50(63)59-25-13-14-42(59)48-55-31-43(61(48)34-69-26-28-71(7,8)9)40-21-17-38(18-22-40)15-16-39-19-23-41(24-20-39)44-32-56-49(62(44)35-70-27-29-72(10,11)12)45-30-54-33-60(45)51(64)47(37(3)4)58-53(66)68-6/h17-24,31-32,36-37,42,45-47,54H,13-14,25-30,33-35H2,1-12H3,(H,57,65)(H,58,66)/t42-,45-,46-,47-/m0/s1. The largest absolute Gasteiger partial charge is 0.453 e. The summed E-state index contributed by atoms with van der Waals surface area (Å²) in [5.41, 5.74) is 5.28. The van der Waals surface area contributed by atoms with Crippen molar-refractivity contribution in [1.29, 1.82) is 0 Å². The van der Waals surface area contributed by atoms with Gasteiger partial charge in [0.2, 0.25) is 11.8 Å². The highest BCUT2D eigenvalue weighted by Gasteiger charge is 2.40. The van der Waals surface area contributed by atoms with Crippen molar-refractivity contribution >= 4 is 40.1 Å². The van der Waals surface area contributed by atoms with Gasteiger partial charge in [0.05, 0.1) is 50.7 Å². The van der Waals surface area contributed by atoms with Gasteiger partial charge in [-0.05, 0) is 72.2 Å². The number of aromatic nitrogens is 4. The minimum Gasteiger partial charge on any atom is -0.453 e. The van der Waals surface area contributed by atoms with Crippen LogP contribution in [-0.4, -0.2) is 128 Å². The van der Waals surface area contributed by atoms with Gasteiger partial charge in [0.15, 0.2) is 0 Å². The first-order chi connectivity index (χ1) is 34.2. The summed E-state index contributed by atoms with van der Waals surface area (Å²) in [7, 11) is -0.115. The number of alkyl carbamates (subject to hydrolysis) is 2. The van der Waals surface area contributed by atoms with E-state index < -0.39 is 46.5 Å². The van der Waals surface area contributed by atoms with E-state index in [0.29, 0.717) is 38.8 Å². The SMILES string of the molecule is COC(=O)N[C@H](C(=O)N1CCC[C@H]1c1ncc(-c2ccc(C#Cc3ccc(-c4cnc([C@@H]5CNCN5C(=O)[C@@H](NC(=O)OC)C(C)C)n4COCC[Si](C)(C)C)cc3)cc2)n1COCC[Si](C)(C)C)C(C)C. The predicted molar refractivity (Wildman–Crippen MR) is 284 cm³/mol. The summed E-state index contributed by atoms with van der Waals surface area (Å²) in [4.78, 5) is 65.9. The van der Waals surface area contributed by atoms with Crippen LogP contribution < -0.4 is 16.0 Å². The maximum Gasteiger partial charge on any atom is 0.407 e. The van der Waals surface area contributed by atoms with E-state index in [1.165, 1.54) is 14.2 Å². The number of hydrogen-bond acceptors (Lipinski definition) is 11. The Morgan fingerprint density at radius 3 is 1.51 bits per heavy atom. The van der Waals surface area contributed by atoms with E-state index in [-0.39, 0.29) is 43.2 Å². The Balaban J connectivity index is 1.23. The Kier molecular flexibility index (Phi) is 19.1. The second kappa shape index (κ2) is 24.8. The second-order valence-corrected chi connectivity index (χ2v) is 33.0. The summed E-state index contributed by atoms with van der Waals surface area (Å²) in [6, 6.07) is 16.0. The third kappa shape index (κ3) is 14.5. The number of nitrogens with one attached hydrogen (secondary N) is 3. The molecule has 2 aromatic heterocycles. The normalized spacial score (nSPS) is 16.9. The van der Waals surface area contributed by atoms with Crippen LogP contribution in [0.3, 0.4) is 0 Å². The maximum atomic E-state index is 14.0. The molecule has 0 spiro atoms. The molecule has 2 fully saturated rings. The van der Waals surface area contributed by atoms with Crippen LogP contribution in [0.4, 0.5) is 9.59 Å². The van der Waals surface area contributed by atoms with Gasteiger partial charge in [0.25, 0.3) is 0 Å². The lowest BCUT2D eigenvalue weighted by Gasteiger charge is -2.31. The summed E-state index contributed by atoms with van der Waals surface area (Å²) in [6.07, 6.45) is 3.95. The van der Waals surface area contributed by atoms with E-state index in [4.69, 9.17) is 28.9 Å². The molecule has 0 saturated carbocycles. The van der Waals surface area contributed by atoms with E-state index in [2.05, 4.69) is 71.6 Å². The van der Waals surface area contributed by atoms with Crippen LogP contribution in [0, 0.1) is 23.7 Å². The highest BCUT2D eigenvalue weighted by Crippen LogP contribution is 2.36. The number of methoxy groups -OCH3 is 2. The Bertz CT molecular complexity index is 2370. The van der Waals surface area contributed by atoms with Crippen LogP contribution in [0.2, 0.25) is 51.4 Å². The molecule has 0 aliphatic carbocycles. The third-order valence-corrected chi connectivity index (χ3v) is 16.5. The monoisotopic (exact) mass is 1020 g/mol. The lowest BCUT2D eigenvalue weighted by atomic mass is 10.0. The molecule has 4 atom stereocenters. The topological polar surface area (TPSA) is 183 Å². The van der Waals surface area contributed by atoms with Crippen molar-refractivity contribution in [1.82, 2.24) is 44.9 Å².